The van der Waals surface area contributed by atoms with Crippen molar-refractivity contribution in [3.63, 3.8) is 0 Å². The fraction of sp³-hybridized carbons (Fsp3) is 0.556. The summed E-state index contributed by atoms with van der Waals surface area (Å²) in [6.07, 6.45) is 7.77. The fourth-order valence-electron chi connectivity index (χ4n) is 4.85. The number of aromatic amines is 1. The number of imidazole rings is 1. The Kier molecular flexibility index (Phi) is 6.42. The summed E-state index contributed by atoms with van der Waals surface area (Å²) < 4.78 is 5.58. The van der Waals surface area contributed by atoms with Gasteiger partial charge in [-0.25, -0.2) is 4.98 Å². The van der Waals surface area contributed by atoms with E-state index in [1.54, 1.807) is 6.20 Å². The van der Waals surface area contributed by atoms with Gasteiger partial charge in [-0.15, -0.1) is 0 Å². The van der Waals surface area contributed by atoms with Crippen LogP contribution in [-0.2, 0) is 16.7 Å². The maximum atomic E-state index is 13.0. The molecule has 0 spiro atoms. The van der Waals surface area contributed by atoms with E-state index in [9.17, 15) is 4.79 Å². The Bertz CT molecular complexity index is 1010. The molecular formula is C27H37N3O2. The molecule has 0 radical (unpaired) electrons. The van der Waals surface area contributed by atoms with Crippen LogP contribution in [0, 0.1) is 12.3 Å². The van der Waals surface area contributed by atoms with Gasteiger partial charge in [-0.1, -0.05) is 32.1 Å². The number of hydrogen-bond donors (Lipinski definition) is 1. The minimum atomic E-state index is -0.0896. The molecule has 4 rings (SSSR count). The minimum Gasteiger partial charge on any atom is -0.379 e. The van der Waals surface area contributed by atoms with Gasteiger partial charge in [-0.2, -0.15) is 0 Å². The maximum Gasteiger partial charge on any atom is 0.202 e. The molecule has 1 saturated heterocycles. The molecule has 1 aromatic heterocycles. The summed E-state index contributed by atoms with van der Waals surface area (Å²) in [6, 6.07) is 6.72. The highest BCUT2D eigenvalue weighted by molar-refractivity contribution is 5.95. The number of H-pyrrole nitrogens is 1. The van der Waals surface area contributed by atoms with E-state index in [2.05, 4.69) is 66.8 Å². The highest BCUT2D eigenvalue weighted by Gasteiger charge is 2.31. The summed E-state index contributed by atoms with van der Waals surface area (Å²) in [5.74, 6) is 0.487. The lowest BCUT2D eigenvalue weighted by atomic mass is 9.75. The molecule has 5 nitrogen and oxygen atoms in total. The summed E-state index contributed by atoms with van der Waals surface area (Å²) >= 11 is 0. The van der Waals surface area contributed by atoms with Gasteiger partial charge in [-0.05, 0) is 73.8 Å². The smallest absolute Gasteiger partial charge is 0.202 e. The molecule has 0 unspecified atom stereocenters. The van der Waals surface area contributed by atoms with Crippen LogP contribution in [-0.4, -0.2) is 47.0 Å². The van der Waals surface area contributed by atoms with Gasteiger partial charge < -0.3 is 9.72 Å². The predicted octanol–water partition coefficient (Wildman–Crippen LogP) is 5.30. The molecule has 0 bridgehead atoms. The minimum absolute atomic E-state index is 0.0382. The highest BCUT2D eigenvalue weighted by Crippen LogP contribution is 2.40. The number of morpholine rings is 1. The van der Waals surface area contributed by atoms with Crippen molar-refractivity contribution in [1.29, 1.82) is 0 Å². The standard InChI is InChI=1S/C27H37N3O2/c1-19-18-28-25(29-19)24(31)16-21-6-7-22(27(4,5)30-12-14-32-15-13-30)17-23(21)20-8-10-26(2,3)11-9-20/h6-8,17-18H,9-16H2,1-5H3,(H,28,29). The summed E-state index contributed by atoms with van der Waals surface area (Å²) in [4.78, 5) is 22.8. The van der Waals surface area contributed by atoms with Crippen LogP contribution >= 0.6 is 0 Å². The maximum absolute atomic E-state index is 13.0. The lowest BCUT2D eigenvalue weighted by Gasteiger charge is -2.41. The Morgan fingerprint density at radius 2 is 2.00 bits per heavy atom. The lowest BCUT2D eigenvalue weighted by molar-refractivity contribution is -0.0118. The molecule has 5 heteroatoms. The molecule has 2 heterocycles. The van der Waals surface area contributed by atoms with E-state index in [-0.39, 0.29) is 11.3 Å². The molecule has 1 N–H and O–H groups in total. The summed E-state index contributed by atoms with van der Waals surface area (Å²) in [6.45, 7) is 14.6. The zero-order chi connectivity index (χ0) is 22.9. The van der Waals surface area contributed by atoms with Crippen molar-refractivity contribution in [2.75, 3.05) is 26.3 Å². The van der Waals surface area contributed by atoms with Crippen LogP contribution in [0.5, 0.6) is 0 Å². The number of ketones is 1. The molecule has 1 aromatic carbocycles. The first-order valence-corrected chi connectivity index (χ1v) is 11.9. The van der Waals surface area contributed by atoms with E-state index in [0.29, 0.717) is 17.7 Å². The van der Waals surface area contributed by atoms with Gasteiger partial charge in [-0.3, -0.25) is 9.69 Å². The number of carbonyl (C=O) groups excluding carboxylic acids is 1. The molecule has 2 aromatic rings. The Morgan fingerprint density at radius 1 is 1.25 bits per heavy atom. The average molecular weight is 436 g/mol. The second-order valence-corrected chi connectivity index (χ2v) is 10.6. The van der Waals surface area contributed by atoms with Crippen molar-refractivity contribution >= 4 is 11.4 Å². The zero-order valence-corrected chi connectivity index (χ0v) is 20.3. The Hall–Kier alpha value is -2.24. The SMILES string of the molecule is Cc1cnc(C(=O)Cc2ccc(C(C)(C)N3CCOCC3)cc2C2=CCC(C)(C)CC2)[nH]1. The van der Waals surface area contributed by atoms with E-state index in [1.165, 1.54) is 23.1 Å². The number of rotatable bonds is 6. The molecule has 172 valence electrons. The Balaban J connectivity index is 1.69. The molecule has 0 saturated carbocycles. The number of allylic oxidation sites excluding steroid dienone is 2. The van der Waals surface area contributed by atoms with Gasteiger partial charge in [0, 0.05) is 36.9 Å². The van der Waals surface area contributed by atoms with Crippen molar-refractivity contribution in [3.05, 3.63) is 58.7 Å². The van der Waals surface area contributed by atoms with Gasteiger partial charge >= 0.3 is 0 Å². The van der Waals surface area contributed by atoms with Crippen molar-refractivity contribution in [2.24, 2.45) is 5.41 Å². The third-order valence-corrected chi connectivity index (χ3v) is 7.25. The fourth-order valence-corrected chi connectivity index (χ4v) is 4.85. The van der Waals surface area contributed by atoms with Crippen LogP contribution in [0.15, 0.2) is 30.5 Å². The van der Waals surface area contributed by atoms with Crippen molar-refractivity contribution in [1.82, 2.24) is 14.9 Å². The van der Waals surface area contributed by atoms with Crippen molar-refractivity contribution in [3.8, 4) is 0 Å². The van der Waals surface area contributed by atoms with E-state index < -0.39 is 0 Å². The van der Waals surface area contributed by atoms with Crippen LogP contribution in [0.25, 0.3) is 5.57 Å². The third kappa shape index (κ3) is 4.89. The molecular weight excluding hydrogens is 398 g/mol. The second kappa shape index (κ2) is 8.95. The monoisotopic (exact) mass is 435 g/mol. The summed E-state index contributed by atoms with van der Waals surface area (Å²) in [5, 5.41) is 0. The normalized spacial score (nSPS) is 19.6. The predicted molar refractivity (Wildman–Crippen MR) is 129 cm³/mol. The largest absolute Gasteiger partial charge is 0.379 e. The zero-order valence-electron chi connectivity index (χ0n) is 20.3. The van der Waals surface area contributed by atoms with Gasteiger partial charge in [0.2, 0.25) is 5.78 Å². The molecule has 32 heavy (non-hydrogen) atoms. The number of nitrogens with zero attached hydrogens (tertiary/aromatic N) is 2. The van der Waals surface area contributed by atoms with E-state index >= 15 is 0 Å². The number of benzene rings is 1. The lowest BCUT2D eigenvalue weighted by Crippen LogP contribution is -2.48. The first-order valence-electron chi connectivity index (χ1n) is 11.9. The molecule has 0 atom stereocenters. The van der Waals surface area contributed by atoms with Crippen LogP contribution < -0.4 is 0 Å². The molecule has 2 aliphatic rings. The van der Waals surface area contributed by atoms with Gasteiger partial charge in [0.1, 0.15) is 0 Å². The molecule has 1 aliphatic carbocycles. The van der Waals surface area contributed by atoms with E-state index in [4.69, 9.17) is 4.74 Å². The summed E-state index contributed by atoms with van der Waals surface area (Å²) in [5.41, 5.74) is 6.16. The second-order valence-electron chi connectivity index (χ2n) is 10.6. The summed E-state index contributed by atoms with van der Waals surface area (Å²) in [7, 11) is 0. The van der Waals surface area contributed by atoms with Gasteiger partial charge in [0.05, 0.1) is 13.2 Å². The number of Topliss-reactive ketones (excluding diaryl/α,β-unsaturated/α-hetero) is 1. The number of aryl methyl sites for hydroxylation is 1. The number of ether oxygens (including phenoxy) is 1. The van der Waals surface area contributed by atoms with Crippen molar-refractivity contribution < 1.29 is 9.53 Å². The number of aromatic nitrogens is 2. The number of carbonyl (C=O) groups is 1. The Labute approximate surface area is 192 Å². The highest BCUT2D eigenvalue weighted by atomic mass is 16.5. The molecule has 1 fully saturated rings. The quantitative estimate of drug-likeness (QED) is 0.625. The van der Waals surface area contributed by atoms with E-state index in [1.807, 2.05) is 6.92 Å². The van der Waals surface area contributed by atoms with Gasteiger partial charge in [0.25, 0.3) is 0 Å². The molecule has 0 amide bonds. The third-order valence-electron chi connectivity index (χ3n) is 7.25. The number of hydrogen-bond acceptors (Lipinski definition) is 4. The topological polar surface area (TPSA) is 58.2 Å². The average Bonchev–Trinajstić information content (AvgIpc) is 3.21. The van der Waals surface area contributed by atoms with Crippen LogP contribution in [0.4, 0.5) is 0 Å². The van der Waals surface area contributed by atoms with Crippen molar-refractivity contribution in [2.45, 2.75) is 65.8 Å². The van der Waals surface area contributed by atoms with Crippen LogP contribution in [0.3, 0.4) is 0 Å². The van der Waals surface area contributed by atoms with E-state index in [0.717, 1.165) is 50.4 Å². The van der Waals surface area contributed by atoms with Crippen LogP contribution in [0.2, 0.25) is 0 Å². The first-order chi connectivity index (χ1) is 15.2. The van der Waals surface area contributed by atoms with Gasteiger partial charge in [0.15, 0.2) is 5.82 Å². The Morgan fingerprint density at radius 3 is 2.62 bits per heavy atom. The van der Waals surface area contributed by atoms with Crippen LogP contribution in [0.1, 0.15) is 80.0 Å². The first kappa shape index (κ1) is 22.9. The number of nitrogens with one attached hydrogen (secondary N) is 1. The molecule has 1 aliphatic heterocycles.